The highest BCUT2D eigenvalue weighted by atomic mass is 15.5. The van der Waals surface area contributed by atoms with Gasteiger partial charge in [-0.3, -0.25) is 5.01 Å². The highest BCUT2D eigenvalue weighted by molar-refractivity contribution is 6.07. The van der Waals surface area contributed by atoms with Crippen molar-refractivity contribution in [1.82, 2.24) is 5.01 Å². The minimum Gasteiger partial charge on any atom is -0.279 e. The van der Waals surface area contributed by atoms with E-state index < -0.39 is 0 Å². The Hall–Kier alpha value is -2.09. The van der Waals surface area contributed by atoms with E-state index in [1.807, 2.05) is 6.07 Å². The van der Waals surface area contributed by atoms with E-state index in [0.717, 1.165) is 6.54 Å². The van der Waals surface area contributed by atoms with Crippen LogP contribution in [0.4, 0.5) is 0 Å². The van der Waals surface area contributed by atoms with E-state index in [1.54, 1.807) is 0 Å². The molecule has 0 saturated carbocycles. The van der Waals surface area contributed by atoms with Gasteiger partial charge in [-0.2, -0.15) is 5.10 Å². The van der Waals surface area contributed by atoms with Gasteiger partial charge in [0.1, 0.15) is 6.04 Å². The predicted octanol–water partition coefficient (Wildman–Crippen LogP) is 2.96. The van der Waals surface area contributed by atoms with Gasteiger partial charge in [-0.1, -0.05) is 54.6 Å². The van der Waals surface area contributed by atoms with Crippen LogP contribution in [0, 0.1) is 0 Å². The van der Waals surface area contributed by atoms with Gasteiger partial charge in [0, 0.05) is 5.56 Å². The second kappa shape index (κ2) is 3.20. The van der Waals surface area contributed by atoms with Crippen molar-refractivity contribution < 1.29 is 0 Å². The molecular weight excluding hydrogens is 208 g/mol. The van der Waals surface area contributed by atoms with Crippen LogP contribution in [0.25, 0.3) is 0 Å². The van der Waals surface area contributed by atoms with Gasteiger partial charge in [-0.15, -0.1) is 0 Å². The van der Waals surface area contributed by atoms with Crippen LogP contribution in [0.3, 0.4) is 0 Å². The maximum Gasteiger partial charge on any atom is 0.117 e. The summed E-state index contributed by atoms with van der Waals surface area (Å²) in [7, 11) is 0. The second-order valence-electron chi connectivity index (χ2n) is 4.55. The Labute approximate surface area is 100 Å². The molecule has 0 saturated heterocycles. The fourth-order valence-electron chi connectivity index (χ4n) is 2.71. The molecule has 2 aliphatic heterocycles. The third-order valence-electron chi connectivity index (χ3n) is 3.54. The summed E-state index contributed by atoms with van der Waals surface area (Å²) >= 11 is 0. The molecule has 1 unspecified atom stereocenters. The van der Waals surface area contributed by atoms with Crippen molar-refractivity contribution in [1.29, 1.82) is 0 Å². The van der Waals surface area contributed by atoms with Crippen LogP contribution >= 0.6 is 0 Å². The average molecular weight is 220 g/mol. The largest absolute Gasteiger partial charge is 0.279 e. The van der Waals surface area contributed by atoms with E-state index in [1.165, 1.54) is 22.4 Å². The molecule has 17 heavy (non-hydrogen) atoms. The maximum atomic E-state index is 4.62. The van der Waals surface area contributed by atoms with E-state index in [2.05, 4.69) is 58.6 Å². The van der Waals surface area contributed by atoms with Crippen molar-refractivity contribution in [2.45, 2.75) is 12.6 Å². The molecule has 0 radical (unpaired) electrons. The minimum absolute atomic E-state index is 0.383. The lowest BCUT2D eigenvalue weighted by molar-refractivity contribution is 0.233. The molecule has 2 heteroatoms. The fraction of sp³-hybridized carbons (Fsp3) is 0.133. The Morgan fingerprint density at radius 3 is 2.59 bits per heavy atom. The first-order valence-electron chi connectivity index (χ1n) is 5.92. The van der Waals surface area contributed by atoms with Gasteiger partial charge in [-0.25, -0.2) is 0 Å². The SMILES string of the molecule is c1ccc(C2=NN3Cc4ccccc4C23)cc1. The molecule has 4 rings (SSSR count). The lowest BCUT2D eigenvalue weighted by atomic mass is 9.95. The molecule has 2 aliphatic rings. The van der Waals surface area contributed by atoms with Crippen molar-refractivity contribution >= 4 is 5.71 Å². The Morgan fingerprint density at radius 2 is 1.71 bits per heavy atom. The first-order chi connectivity index (χ1) is 8.43. The third-order valence-corrected chi connectivity index (χ3v) is 3.54. The normalized spacial score (nSPS) is 20.4. The highest BCUT2D eigenvalue weighted by Gasteiger charge is 2.40. The quantitative estimate of drug-likeness (QED) is 0.721. The minimum atomic E-state index is 0.383. The molecule has 2 heterocycles. The van der Waals surface area contributed by atoms with Crippen LogP contribution in [0.2, 0.25) is 0 Å². The second-order valence-corrected chi connectivity index (χ2v) is 4.55. The van der Waals surface area contributed by atoms with Gasteiger partial charge in [0.05, 0.1) is 12.3 Å². The summed E-state index contributed by atoms with van der Waals surface area (Å²) in [5.74, 6) is 0. The Morgan fingerprint density at radius 1 is 0.941 bits per heavy atom. The molecule has 0 fully saturated rings. The molecule has 0 spiro atoms. The van der Waals surface area contributed by atoms with E-state index in [4.69, 9.17) is 0 Å². The Bertz CT molecular complexity index is 601. The summed E-state index contributed by atoms with van der Waals surface area (Å²) in [6, 6.07) is 19.5. The third kappa shape index (κ3) is 1.18. The molecule has 0 bridgehead atoms. The molecule has 2 aromatic rings. The number of hydrogen-bond donors (Lipinski definition) is 0. The first-order valence-corrected chi connectivity index (χ1v) is 5.92. The molecule has 1 atom stereocenters. The van der Waals surface area contributed by atoms with Crippen molar-refractivity contribution in [2.24, 2.45) is 5.10 Å². The number of hydrogen-bond acceptors (Lipinski definition) is 2. The Kier molecular flexibility index (Phi) is 1.69. The molecule has 2 nitrogen and oxygen atoms in total. The number of rotatable bonds is 1. The van der Waals surface area contributed by atoms with E-state index in [0.29, 0.717) is 6.04 Å². The smallest absolute Gasteiger partial charge is 0.117 e. The molecule has 0 amide bonds. The van der Waals surface area contributed by atoms with Crippen LogP contribution < -0.4 is 0 Å². The molecule has 0 aliphatic carbocycles. The van der Waals surface area contributed by atoms with Crippen molar-refractivity contribution in [3.05, 3.63) is 71.3 Å². The molecule has 0 N–H and O–H groups in total. The van der Waals surface area contributed by atoms with E-state index in [9.17, 15) is 0 Å². The topological polar surface area (TPSA) is 15.6 Å². The van der Waals surface area contributed by atoms with Gasteiger partial charge in [0.2, 0.25) is 0 Å². The van der Waals surface area contributed by atoms with Gasteiger partial charge < -0.3 is 0 Å². The van der Waals surface area contributed by atoms with Crippen LogP contribution in [0.1, 0.15) is 22.7 Å². The number of benzene rings is 2. The molecule has 2 aromatic carbocycles. The standard InChI is InChI=1S/C15H12N2/c1-2-6-11(7-3-1)14-15-13-9-5-4-8-12(13)10-17(15)16-14/h1-9,15H,10H2. The molecular formula is C15H12N2. The number of nitrogens with zero attached hydrogens (tertiary/aromatic N) is 2. The van der Waals surface area contributed by atoms with Gasteiger partial charge in [0.15, 0.2) is 0 Å². The van der Waals surface area contributed by atoms with E-state index >= 15 is 0 Å². The van der Waals surface area contributed by atoms with Gasteiger partial charge in [-0.05, 0) is 11.1 Å². The monoisotopic (exact) mass is 220 g/mol. The van der Waals surface area contributed by atoms with Gasteiger partial charge >= 0.3 is 0 Å². The zero-order chi connectivity index (χ0) is 11.2. The number of hydrazone groups is 1. The lowest BCUT2D eigenvalue weighted by Gasteiger charge is -2.33. The van der Waals surface area contributed by atoms with Crippen LogP contribution in [-0.4, -0.2) is 10.7 Å². The fourth-order valence-corrected chi connectivity index (χ4v) is 2.71. The zero-order valence-electron chi connectivity index (χ0n) is 9.38. The lowest BCUT2D eigenvalue weighted by Crippen LogP contribution is -2.35. The first kappa shape index (κ1) is 8.99. The summed E-state index contributed by atoms with van der Waals surface area (Å²) < 4.78 is 0. The predicted molar refractivity (Wildman–Crippen MR) is 67.7 cm³/mol. The maximum absolute atomic E-state index is 4.62. The van der Waals surface area contributed by atoms with Crippen LogP contribution in [0.5, 0.6) is 0 Å². The molecule has 0 aromatic heterocycles. The summed E-state index contributed by atoms with van der Waals surface area (Å²) in [5.41, 5.74) is 5.27. The summed E-state index contributed by atoms with van der Waals surface area (Å²) in [4.78, 5) is 0. The van der Waals surface area contributed by atoms with Crippen molar-refractivity contribution in [2.75, 3.05) is 0 Å². The van der Waals surface area contributed by atoms with Gasteiger partial charge in [0.25, 0.3) is 0 Å². The average Bonchev–Trinajstić information content (AvgIpc) is 2.64. The van der Waals surface area contributed by atoms with Crippen molar-refractivity contribution in [3.8, 4) is 0 Å². The van der Waals surface area contributed by atoms with Crippen LogP contribution in [0.15, 0.2) is 59.7 Å². The van der Waals surface area contributed by atoms with Crippen LogP contribution in [-0.2, 0) is 6.54 Å². The van der Waals surface area contributed by atoms with Crippen molar-refractivity contribution in [3.63, 3.8) is 0 Å². The Balaban J connectivity index is 1.78. The zero-order valence-corrected chi connectivity index (χ0v) is 9.38. The number of fused-ring (bicyclic) bond motifs is 3. The summed E-state index contributed by atoms with van der Waals surface area (Å²) in [5, 5.41) is 6.79. The van der Waals surface area contributed by atoms with E-state index in [-0.39, 0.29) is 0 Å². The summed E-state index contributed by atoms with van der Waals surface area (Å²) in [6.07, 6.45) is 0. The summed E-state index contributed by atoms with van der Waals surface area (Å²) in [6.45, 7) is 0.956. The molecule has 82 valence electrons. The highest BCUT2D eigenvalue weighted by Crippen LogP contribution is 2.42.